The highest BCUT2D eigenvalue weighted by Crippen LogP contribution is 2.11. The zero-order valence-corrected chi connectivity index (χ0v) is 9.48. The summed E-state index contributed by atoms with van der Waals surface area (Å²) in [7, 11) is 0. The molecule has 0 aliphatic carbocycles. The maximum atomic E-state index is 10.9. The summed E-state index contributed by atoms with van der Waals surface area (Å²) in [6.45, 7) is 0. The molecule has 0 bridgehead atoms. The minimum absolute atomic E-state index is 0.0307. The van der Waals surface area contributed by atoms with Gasteiger partial charge in [0.15, 0.2) is 0 Å². The molecule has 96 valence electrons. The minimum Gasteiger partial charge on any atom is -0.289 e. The zero-order chi connectivity index (χ0) is 13.7. The average Bonchev–Trinajstić information content (AvgIpc) is 2.39. The normalized spacial score (nSPS) is 10.5. The Morgan fingerprint density at radius 2 is 2.32 bits per heavy atom. The van der Waals surface area contributed by atoms with Crippen molar-refractivity contribution in [3.05, 3.63) is 56.5 Å². The van der Waals surface area contributed by atoms with Crippen LogP contribution in [0.15, 0.2) is 40.4 Å². The van der Waals surface area contributed by atoms with Crippen LogP contribution in [0.5, 0.6) is 0 Å². The SMILES string of the molecule is O=c1cnnc(N/N=C\c2cccc([N+](=O)[O-])c2)[nH]1. The van der Waals surface area contributed by atoms with E-state index in [2.05, 4.69) is 25.7 Å². The third kappa shape index (κ3) is 3.43. The van der Waals surface area contributed by atoms with Crippen LogP contribution in [0.25, 0.3) is 0 Å². The van der Waals surface area contributed by atoms with Gasteiger partial charge in [0.2, 0.25) is 5.95 Å². The number of nitrogens with one attached hydrogen (secondary N) is 2. The van der Waals surface area contributed by atoms with Crippen molar-refractivity contribution in [2.75, 3.05) is 5.43 Å². The first-order chi connectivity index (χ1) is 9.15. The number of anilines is 1. The Hall–Kier alpha value is -3.10. The second kappa shape index (κ2) is 5.49. The van der Waals surface area contributed by atoms with E-state index in [0.717, 1.165) is 6.20 Å². The van der Waals surface area contributed by atoms with E-state index in [1.54, 1.807) is 12.1 Å². The Morgan fingerprint density at radius 1 is 1.47 bits per heavy atom. The van der Waals surface area contributed by atoms with Gasteiger partial charge in [0.05, 0.1) is 11.1 Å². The second-order valence-corrected chi connectivity index (χ2v) is 3.40. The van der Waals surface area contributed by atoms with Crippen LogP contribution in [-0.2, 0) is 0 Å². The van der Waals surface area contributed by atoms with Crippen molar-refractivity contribution in [1.29, 1.82) is 0 Å². The zero-order valence-electron chi connectivity index (χ0n) is 9.48. The molecule has 19 heavy (non-hydrogen) atoms. The van der Waals surface area contributed by atoms with Gasteiger partial charge in [-0.3, -0.25) is 19.9 Å². The number of hydrazone groups is 1. The highest BCUT2D eigenvalue weighted by atomic mass is 16.6. The summed E-state index contributed by atoms with van der Waals surface area (Å²) in [4.78, 5) is 23.4. The first kappa shape index (κ1) is 12.4. The molecule has 0 saturated heterocycles. The van der Waals surface area contributed by atoms with Crippen molar-refractivity contribution in [2.24, 2.45) is 5.10 Å². The summed E-state index contributed by atoms with van der Waals surface area (Å²) in [6, 6.07) is 5.94. The molecule has 0 saturated carbocycles. The molecule has 2 rings (SSSR count). The first-order valence-corrected chi connectivity index (χ1v) is 5.11. The molecule has 2 aromatic rings. The molecule has 9 heteroatoms. The van der Waals surface area contributed by atoms with Crippen molar-refractivity contribution >= 4 is 17.9 Å². The van der Waals surface area contributed by atoms with Gasteiger partial charge in [-0.05, 0) is 0 Å². The Labute approximate surface area is 106 Å². The van der Waals surface area contributed by atoms with Gasteiger partial charge in [-0.1, -0.05) is 12.1 Å². The van der Waals surface area contributed by atoms with Crippen molar-refractivity contribution in [3.63, 3.8) is 0 Å². The molecule has 1 aromatic carbocycles. The number of hydrogen-bond donors (Lipinski definition) is 2. The van der Waals surface area contributed by atoms with Crippen LogP contribution in [0.2, 0.25) is 0 Å². The van der Waals surface area contributed by atoms with Crippen molar-refractivity contribution < 1.29 is 4.92 Å². The van der Waals surface area contributed by atoms with Gasteiger partial charge in [0.1, 0.15) is 6.20 Å². The third-order valence-corrected chi connectivity index (χ3v) is 2.04. The fraction of sp³-hybridized carbons (Fsp3) is 0. The molecular formula is C10H8N6O3. The van der Waals surface area contributed by atoms with Crippen LogP contribution in [0.4, 0.5) is 11.6 Å². The van der Waals surface area contributed by atoms with E-state index in [-0.39, 0.29) is 11.6 Å². The van der Waals surface area contributed by atoms with E-state index in [1.807, 2.05) is 0 Å². The van der Waals surface area contributed by atoms with Gasteiger partial charge in [0.25, 0.3) is 11.2 Å². The highest BCUT2D eigenvalue weighted by molar-refractivity contribution is 5.81. The maximum Gasteiger partial charge on any atom is 0.271 e. The van der Waals surface area contributed by atoms with Crippen LogP contribution >= 0.6 is 0 Å². The lowest BCUT2D eigenvalue weighted by molar-refractivity contribution is -0.384. The molecule has 0 amide bonds. The topological polar surface area (TPSA) is 126 Å². The van der Waals surface area contributed by atoms with Crippen molar-refractivity contribution in [2.45, 2.75) is 0 Å². The highest BCUT2D eigenvalue weighted by Gasteiger charge is 2.03. The molecular weight excluding hydrogens is 252 g/mol. The number of nitrogens with zero attached hydrogens (tertiary/aromatic N) is 4. The lowest BCUT2D eigenvalue weighted by Crippen LogP contribution is -2.10. The standard InChI is InChI=1S/C10H8N6O3/c17-9-6-12-15-10(13-9)14-11-5-7-2-1-3-8(4-7)16(18)19/h1-6H,(H2,13,14,15,17)/b11-5-. The van der Waals surface area contributed by atoms with Gasteiger partial charge < -0.3 is 0 Å². The smallest absolute Gasteiger partial charge is 0.271 e. The summed E-state index contributed by atoms with van der Waals surface area (Å²) in [5, 5.41) is 21.4. The summed E-state index contributed by atoms with van der Waals surface area (Å²) in [5.74, 6) is 0.0779. The number of rotatable bonds is 4. The molecule has 1 heterocycles. The Morgan fingerprint density at radius 3 is 3.05 bits per heavy atom. The molecule has 2 N–H and O–H groups in total. The van der Waals surface area contributed by atoms with E-state index in [4.69, 9.17) is 0 Å². The van der Waals surface area contributed by atoms with Gasteiger partial charge >= 0.3 is 0 Å². The molecule has 0 aliphatic heterocycles. The Balaban J connectivity index is 2.09. The third-order valence-electron chi connectivity index (χ3n) is 2.04. The number of nitro benzene ring substituents is 1. The van der Waals surface area contributed by atoms with Crippen molar-refractivity contribution in [1.82, 2.24) is 15.2 Å². The van der Waals surface area contributed by atoms with E-state index in [9.17, 15) is 14.9 Å². The maximum absolute atomic E-state index is 10.9. The number of benzene rings is 1. The molecule has 1 aromatic heterocycles. The molecule has 0 spiro atoms. The van der Waals surface area contributed by atoms with Crippen LogP contribution in [0.1, 0.15) is 5.56 Å². The van der Waals surface area contributed by atoms with Gasteiger partial charge in [-0.2, -0.15) is 5.10 Å². The van der Waals surface area contributed by atoms with Crippen molar-refractivity contribution in [3.8, 4) is 0 Å². The number of H-pyrrole nitrogens is 1. The van der Waals surface area contributed by atoms with Crippen LogP contribution < -0.4 is 11.0 Å². The summed E-state index contributed by atoms with van der Waals surface area (Å²) in [5.41, 5.74) is 2.54. The molecule has 9 nitrogen and oxygen atoms in total. The Kier molecular flexibility index (Phi) is 3.57. The number of aromatic amines is 1. The molecule has 0 atom stereocenters. The fourth-order valence-corrected chi connectivity index (χ4v) is 1.25. The van der Waals surface area contributed by atoms with E-state index < -0.39 is 10.5 Å². The summed E-state index contributed by atoms with van der Waals surface area (Å²) >= 11 is 0. The average molecular weight is 260 g/mol. The fourth-order valence-electron chi connectivity index (χ4n) is 1.25. The number of aromatic nitrogens is 3. The monoisotopic (exact) mass is 260 g/mol. The minimum atomic E-state index is -0.495. The van der Waals surface area contributed by atoms with E-state index in [0.29, 0.717) is 5.56 Å². The number of hydrogen-bond acceptors (Lipinski definition) is 7. The summed E-state index contributed by atoms with van der Waals surface area (Å²) < 4.78 is 0. The first-order valence-electron chi connectivity index (χ1n) is 5.11. The van der Waals surface area contributed by atoms with E-state index in [1.165, 1.54) is 18.3 Å². The molecule has 0 unspecified atom stereocenters. The Bertz CT molecular complexity index is 681. The van der Waals surface area contributed by atoms with Crippen LogP contribution in [0.3, 0.4) is 0 Å². The van der Waals surface area contributed by atoms with Crippen LogP contribution in [0, 0.1) is 10.1 Å². The predicted octanol–water partition coefficient (Wildman–Crippen LogP) is 0.519. The van der Waals surface area contributed by atoms with E-state index >= 15 is 0 Å². The largest absolute Gasteiger partial charge is 0.289 e. The number of non-ortho nitro benzene ring substituents is 1. The predicted molar refractivity (Wildman–Crippen MR) is 67.0 cm³/mol. The lowest BCUT2D eigenvalue weighted by Gasteiger charge is -1.96. The van der Waals surface area contributed by atoms with Gasteiger partial charge in [-0.25, -0.2) is 5.43 Å². The van der Waals surface area contributed by atoms with Gasteiger partial charge in [-0.15, -0.1) is 10.2 Å². The van der Waals surface area contributed by atoms with Gasteiger partial charge in [0, 0.05) is 17.7 Å². The molecule has 0 radical (unpaired) electrons. The second-order valence-electron chi connectivity index (χ2n) is 3.40. The van der Waals surface area contributed by atoms with Crippen LogP contribution in [-0.4, -0.2) is 26.3 Å². The quantitative estimate of drug-likeness (QED) is 0.468. The molecule has 0 aliphatic rings. The summed E-state index contributed by atoms with van der Waals surface area (Å²) in [6.07, 6.45) is 2.38. The number of nitro groups is 1. The lowest BCUT2D eigenvalue weighted by atomic mass is 10.2. The molecule has 0 fully saturated rings.